The van der Waals surface area contributed by atoms with Crippen LogP contribution in [0.1, 0.15) is 24.8 Å². The summed E-state index contributed by atoms with van der Waals surface area (Å²) in [7, 11) is 0. The van der Waals surface area contributed by atoms with Gasteiger partial charge >= 0.3 is 5.97 Å². The van der Waals surface area contributed by atoms with Crippen LogP contribution in [0.25, 0.3) is 0 Å². The van der Waals surface area contributed by atoms with E-state index in [0.29, 0.717) is 24.9 Å². The highest BCUT2D eigenvalue weighted by atomic mass is 16.4. The molecule has 6 heteroatoms. The minimum Gasteiger partial charge on any atom is -0.480 e. The standard InChI is InChI=1S/C15H17N3O3/c16-9-6-11-2-4-12(5-3-11)18-13(19)10-17-15(14(20)21)7-1-8-15/h2-5,17H,1,6-8,10H2,(H,18,19)(H,20,21). The second-order valence-electron chi connectivity index (χ2n) is 5.17. The summed E-state index contributed by atoms with van der Waals surface area (Å²) >= 11 is 0. The van der Waals surface area contributed by atoms with Crippen molar-refractivity contribution in [3.05, 3.63) is 29.8 Å². The summed E-state index contributed by atoms with van der Waals surface area (Å²) in [6.07, 6.45) is 2.30. The summed E-state index contributed by atoms with van der Waals surface area (Å²) in [6, 6.07) is 9.05. The topological polar surface area (TPSA) is 102 Å². The number of hydrogen-bond acceptors (Lipinski definition) is 4. The summed E-state index contributed by atoms with van der Waals surface area (Å²) < 4.78 is 0. The Hall–Kier alpha value is -2.39. The minimum absolute atomic E-state index is 0.0355. The molecule has 1 fully saturated rings. The SMILES string of the molecule is N#CCc1ccc(NC(=O)CNC2(C(=O)O)CCC2)cc1. The van der Waals surface area contributed by atoms with Crippen molar-refractivity contribution in [3.63, 3.8) is 0 Å². The van der Waals surface area contributed by atoms with Crippen molar-refractivity contribution >= 4 is 17.6 Å². The number of carboxylic acid groups (broad SMARTS) is 1. The van der Waals surface area contributed by atoms with Crippen LogP contribution in [-0.2, 0) is 16.0 Å². The molecule has 0 aromatic heterocycles. The molecule has 0 heterocycles. The lowest BCUT2D eigenvalue weighted by molar-refractivity contribution is -0.148. The maximum atomic E-state index is 11.8. The maximum Gasteiger partial charge on any atom is 0.323 e. The normalized spacial score (nSPS) is 15.6. The van der Waals surface area contributed by atoms with Gasteiger partial charge in [-0.1, -0.05) is 12.1 Å². The highest BCUT2D eigenvalue weighted by Crippen LogP contribution is 2.31. The number of nitrogens with one attached hydrogen (secondary N) is 2. The van der Waals surface area contributed by atoms with Crippen LogP contribution >= 0.6 is 0 Å². The zero-order valence-electron chi connectivity index (χ0n) is 11.6. The molecule has 0 atom stereocenters. The fourth-order valence-electron chi connectivity index (χ4n) is 2.25. The van der Waals surface area contributed by atoms with Gasteiger partial charge in [-0.05, 0) is 37.0 Å². The molecule has 1 saturated carbocycles. The number of amides is 1. The fourth-order valence-corrected chi connectivity index (χ4v) is 2.25. The number of carbonyl (C=O) groups excluding carboxylic acids is 1. The molecule has 110 valence electrons. The van der Waals surface area contributed by atoms with Crippen molar-refractivity contribution in [2.24, 2.45) is 0 Å². The smallest absolute Gasteiger partial charge is 0.323 e. The van der Waals surface area contributed by atoms with Gasteiger partial charge in [-0.25, -0.2) is 0 Å². The number of rotatable bonds is 6. The van der Waals surface area contributed by atoms with Gasteiger partial charge in [-0.3, -0.25) is 14.9 Å². The quantitative estimate of drug-likeness (QED) is 0.731. The summed E-state index contributed by atoms with van der Waals surface area (Å²) in [5.74, 6) is -1.18. The van der Waals surface area contributed by atoms with Crippen LogP contribution in [0.5, 0.6) is 0 Å². The average molecular weight is 287 g/mol. The molecule has 0 unspecified atom stereocenters. The average Bonchev–Trinajstić information content (AvgIpc) is 2.39. The van der Waals surface area contributed by atoms with Gasteiger partial charge < -0.3 is 10.4 Å². The third kappa shape index (κ3) is 3.58. The predicted molar refractivity (Wildman–Crippen MR) is 76.6 cm³/mol. The molecule has 21 heavy (non-hydrogen) atoms. The van der Waals surface area contributed by atoms with Crippen LogP contribution < -0.4 is 10.6 Å². The second kappa shape index (κ2) is 6.37. The number of nitriles is 1. The second-order valence-corrected chi connectivity index (χ2v) is 5.17. The van der Waals surface area contributed by atoms with Gasteiger partial charge in [0.2, 0.25) is 5.91 Å². The van der Waals surface area contributed by atoms with Crippen LogP contribution in [0.15, 0.2) is 24.3 Å². The lowest BCUT2D eigenvalue weighted by Gasteiger charge is -2.38. The van der Waals surface area contributed by atoms with Gasteiger partial charge in [0.05, 0.1) is 19.0 Å². The van der Waals surface area contributed by atoms with Crippen LogP contribution in [0.4, 0.5) is 5.69 Å². The molecule has 3 N–H and O–H groups in total. The third-order valence-corrected chi connectivity index (χ3v) is 3.72. The largest absolute Gasteiger partial charge is 0.480 e. The van der Waals surface area contributed by atoms with Gasteiger partial charge in [-0.15, -0.1) is 0 Å². The van der Waals surface area contributed by atoms with Gasteiger partial charge in [-0.2, -0.15) is 5.26 Å². The summed E-state index contributed by atoms with van der Waals surface area (Å²) in [6.45, 7) is -0.0355. The van der Waals surface area contributed by atoms with E-state index in [0.717, 1.165) is 12.0 Å². The van der Waals surface area contributed by atoms with E-state index in [4.69, 9.17) is 10.4 Å². The van der Waals surface area contributed by atoms with E-state index in [1.807, 2.05) is 0 Å². The first-order valence-corrected chi connectivity index (χ1v) is 6.80. The van der Waals surface area contributed by atoms with Crippen LogP contribution in [0.2, 0.25) is 0 Å². The van der Waals surface area contributed by atoms with E-state index in [1.165, 1.54) is 0 Å². The monoisotopic (exact) mass is 287 g/mol. The molecule has 1 aromatic rings. The molecule has 1 aromatic carbocycles. The maximum absolute atomic E-state index is 11.8. The molecular weight excluding hydrogens is 270 g/mol. The van der Waals surface area contributed by atoms with Gasteiger partial charge in [0.15, 0.2) is 0 Å². The van der Waals surface area contributed by atoms with E-state index in [-0.39, 0.29) is 12.5 Å². The van der Waals surface area contributed by atoms with Gasteiger partial charge in [0, 0.05) is 5.69 Å². The number of anilines is 1. The van der Waals surface area contributed by atoms with E-state index in [2.05, 4.69) is 16.7 Å². The minimum atomic E-state index is -0.937. The summed E-state index contributed by atoms with van der Waals surface area (Å²) in [5, 5.41) is 23.2. The number of benzene rings is 1. The number of aliphatic carboxylic acids is 1. The highest BCUT2D eigenvalue weighted by molar-refractivity contribution is 5.93. The lowest BCUT2D eigenvalue weighted by atomic mass is 9.77. The summed E-state index contributed by atoms with van der Waals surface area (Å²) in [5.41, 5.74) is 0.572. The Bertz CT molecular complexity index is 571. The van der Waals surface area contributed by atoms with E-state index in [1.54, 1.807) is 24.3 Å². The Labute approximate surface area is 122 Å². The van der Waals surface area contributed by atoms with Crippen LogP contribution in [0.3, 0.4) is 0 Å². The molecule has 0 radical (unpaired) electrons. The van der Waals surface area contributed by atoms with Crippen molar-refractivity contribution < 1.29 is 14.7 Å². The lowest BCUT2D eigenvalue weighted by Crippen LogP contribution is -2.58. The van der Waals surface area contributed by atoms with Gasteiger partial charge in [0.25, 0.3) is 0 Å². The number of carbonyl (C=O) groups is 2. The van der Waals surface area contributed by atoms with Crippen molar-refractivity contribution in [1.29, 1.82) is 5.26 Å². The molecular formula is C15H17N3O3. The van der Waals surface area contributed by atoms with Crippen molar-refractivity contribution in [3.8, 4) is 6.07 Å². The Morgan fingerprint density at radius 1 is 1.29 bits per heavy atom. The molecule has 0 bridgehead atoms. The van der Waals surface area contributed by atoms with Crippen molar-refractivity contribution in [2.75, 3.05) is 11.9 Å². The van der Waals surface area contributed by atoms with Crippen molar-refractivity contribution in [2.45, 2.75) is 31.2 Å². The molecule has 2 rings (SSSR count). The van der Waals surface area contributed by atoms with Crippen molar-refractivity contribution in [1.82, 2.24) is 5.32 Å². The molecule has 0 saturated heterocycles. The molecule has 1 aliphatic rings. The number of hydrogen-bond donors (Lipinski definition) is 3. The predicted octanol–water partition coefficient (Wildman–Crippen LogP) is 1.29. The fraction of sp³-hybridized carbons (Fsp3) is 0.400. The molecule has 1 aliphatic carbocycles. The third-order valence-electron chi connectivity index (χ3n) is 3.72. The molecule has 0 spiro atoms. The van der Waals surface area contributed by atoms with E-state index < -0.39 is 11.5 Å². The number of carboxylic acids is 1. The van der Waals surface area contributed by atoms with Gasteiger partial charge in [0.1, 0.15) is 5.54 Å². The Morgan fingerprint density at radius 2 is 1.95 bits per heavy atom. The van der Waals surface area contributed by atoms with Crippen LogP contribution in [0, 0.1) is 11.3 Å². The zero-order chi connectivity index (χ0) is 15.3. The van der Waals surface area contributed by atoms with E-state index in [9.17, 15) is 9.59 Å². The first kappa shape index (κ1) is 15.0. The molecule has 0 aliphatic heterocycles. The molecule has 6 nitrogen and oxygen atoms in total. The Morgan fingerprint density at radius 3 is 2.43 bits per heavy atom. The first-order chi connectivity index (χ1) is 10.1. The Kier molecular flexibility index (Phi) is 4.55. The highest BCUT2D eigenvalue weighted by Gasteiger charge is 2.44. The Balaban J connectivity index is 1.84. The summed E-state index contributed by atoms with van der Waals surface area (Å²) in [4.78, 5) is 23.0. The van der Waals surface area contributed by atoms with E-state index >= 15 is 0 Å². The molecule has 1 amide bonds. The number of nitrogens with zero attached hydrogens (tertiary/aromatic N) is 1. The van der Waals surface area contributed by atoms with Crippen LogP contribution in [-0.4, -0.2) is 29.1 Å². The zero-order valence-corrected chi connectivity index (χ0v) is 11.6. The first-order valence-electron chi connectivity index (χ1n) is 6.80.